The van der Waals surface area contributed by atoms with Gasteiger partial charge in [-0.05, 0) is 76.6 Å². The Hall–Kier alpha value is -5.81. The Kier molecular flexibility index (Phi) is 5.19. The number of nitrogens with zero attached hydrogens (tertiary/aromatic N) is 2. The third-order valence-electron chi connectivity index (χ3n) is 8.34. The maximum atomic E-state index is 6.63. The van der Waals surface area contributed by atoms with Crippen LogP contribution >= 0.6 is 0 Å². The van der Waals surface area contributed by atoms with Crippen molar-refractivity contribution in [1.29, 1.82) is 0 Å². The molecule has 1 N–H and O–H groups in total. The Morgan fingerprint density at radius 2 is 1.51 bits per heavy atom. The number of benzene rings is 5. The highest BCUT2D eigenvalue weighted by molar-refractivity contribution is 6.14. The molecular weight excluding hydrogens is 530 g/mol. The summed E-state index contributed by atoms with van der Waals surface area (Å²) in [5.41, 5.74) is 9.62. The Morgan fingerprint density at radius 3 is 2.47 bits per heavy atom. The molecule has 0 saturated heterocycles. The van der Waals surface area contributed by atoms with E-state index in [1.807, 2.05) is 36.7 Å². The number of pyridine rings is 1. The molecule has 0 amide bonds. The summed E-state index contributed by atoms with van der Waals surface area (Å²) in [5.74, 6) is 0.932. The zero-order valence-corrected chi connectivity index (χ0v) is 23.1. The van der Waals surface area contributed by atoms with Crippen molar-refractivity contribution in [2.45, 2.75) is 6.54 Å². The lowest BCUT2D eigenvalue weighted by Gasteiger charge is -2.27. The van der Waals surface area contributed by atoms with Gasteiger partial charge < -0.3 is 19.1 Å². The van der Waals surface area contributed by atoms with E-state index >= 15 is 0 Å². The standard InChI is InChI=1S/C38H25N3O2/c1-2-9-24(10-3-1)30-22-26(21-25-11-4-5-12-27(25)30)41(31-14-7-16-33-36(31)37-34(42-33)17-8-19-40-37)32-15-6-13-29-28-18-20-39-23-35(28)43-38(29)32/h1-22,39H,23H2. The molecule has 0 spiro atoms. The van der Waals surface area contributed by atoms with Crippen LogP contribution in [-0.2, 0) is 6.54 Å². The van der Waals surface area contributed by atoms with Crippen LogP contribution in [0.1, 0.15) is 11.3 Å². The predicted molar refractivity (Wildman–Crippen MR) is 175 cm³/mol. The average molecular weight is 556 g/mol. The second-order valence-corrected chi connectivity index (χ2v) is 10.8. The molecule has 0 aliphatic carbocycles. The van der Waals surface area contributed by atoms with Crippen LogP contribution in [-0.4, -0.2) is 4.98 Å². The Morgan fingerprint density at radius 1 is 0.698 bits per heavy atom. The van der Waals surface area contributed by atoms with Crippen molar-refractivity contribution in [3.8, 4) is 11.1 Å². The van der Waals surface area contributed by atoms with Gasteiger partial charge in [-0.3, -0.25) is 4.98 Å². The van der Waals surface area contributed by atoms with Gasteiger partial charge in [-0.25, -0.2) is 0 Å². The quantitative estimate of drug-likeness (QED) is 0.234. The van der Waals surface area contributed by atoms with Gasteiger partial charge in [0, 0.05) is 22.8 Å². The van der Waals surface area contributed by atoms with Crippen LogP contribution in [0, 0.1) is 0 Å². The van der Waals surface area contributed by atoms with E-state index in [1.165, 1.54) is 10.9 Å². The van der Waals surface area contributed by atoms with Crippen molar-refractivity contribution in [2.75, 3.05) is 4.90 Å². The van der Waals surface area contributed by atoms with Crippen molar-refractivity contribution in [3.63, 3.8) is 0 Å². The zero-order chi connectivity index (χ0) is 28.3. The van der Waals surface area contributed by atoms with E-state index < -0.39 is 0 Å². The second kappa shape index (κ2) is 9.36. The van der Waals surface area contributed by atoms with Crippen molar-refractivity contribution in [1.82, 2.24) is 10.3 Å². The first-order chi connectivity index (χ1) is 21.3. The smallest absolute Gasteiger partial charge is 0.159 e. The molecule has 0 saturated carbocycles. The maximum Gasteiger partial charge on any atom is 0.159 e. The first-order valence-corrected chi connectivity index (χ1v) is 14.4. The highest BCUT2D eigenvalue weighted by Crippen LogP contribution is 2.47. The molecule has 5 aromatic carbocycles. The molecule has 0 bridgehead atoms. The summed E-state index contributed by atoms with van der Waals surface area (Å²) in [6, 6.07) is 40.2. The highest BCUT2D eigenvalue weighted by atomic mass is 16.3. The number of aromatic nitrogens is 1. The lowest BCUT2D eigenvalue weighted by molar-refractivity contribution is 0.533. The van der Waals surface area contributed by atoms with Crippen LogP contribution in [0.15, 0.2) is 136 Å². The molecule has 5 nitrogen and oxygen atoms in total. The minimum absolute atomic E-state index is 0.653. The lowest BCUT2D eigenvalue weighted by atomic mass is 9.96. The van der Waals surface area contributed by atoms with Crippen LogP contribution in [0.25, 0.3) is 61.0 Å². The molecule has 3 aromatic heterocycles. The number of para-hydroxylation sites is 1. The monoisotopic (exact) mass is 555 g/mol. The number of nitrogens with one attached hydrogen (secondary N) is 1. The number of rotatable bonds is 4. The van der Waals surface area contributed by atoms with Crippen LogP contribution in [0.2, 0.25) is 0 Å². The summed E-state index contributed by atoms with van der Waals surface area (Å²) < 4.78 is 12.9. The van der Waals surface area contributed by atoms with E-state index in [0.717, 1.165) is 72.4 Å². The number of hydrogen-bond acceptors (Lipinski definition) is 5. The van der Waals surface area contributed by atoms with Gasteiger partial charge in [0.25, 0.3) is 0 Å². The minimum atomic E-state index is 0.653. The van der Waals surface area contributed by atoms with Crippen molar-refractivity contribution >= 4 is 66.9 Å². The summed E-state index contributed by atoms with van der Waals surface area (Å²) in [5, 5.41) is 7.70. The molecule has 9 rings (SSSR count). The molecule has 5 heteroatoms. The molecule has 43 heavy (non-hydrogen) atoms. The Balaban J connectivity index is 1.40. The number of fused-ring (bicyclic) bond motifs is 7. The summed E-state index contributed by atoms with van der Waals surface area (Å²) in [6.45, 7) is 0.653. The van der Waals surface area contributed by atoms with Gasteiger partial charge in [0.1, 0.15) is 16.9 Å². The SMILES string of the molecule is C1=Cc2c(oc3c(N(c4cc(-c5ccccc5)c5ccccc5c4)c4cccc5oc6cccnc6c45)cccc23)CN1. The summed E-state index contributed by atoms with van der Waals surface area (Å²) in [7, 11) is 0. The third kappa shape index (κ3) is 3.68. The van der Waals surface area contributed by atoms with Crippen molar-refractivity contribution in [3.05, 3.63) is 139 Å². The van der Waals surface area contributed by atoms with Gasteiger partial charge in [0.15, 0.2) is 11.2 Å². The van der Waals surface area contributed by atoms with Crippen LogP contribution in [0.4, 0.5) is 17.1 Å². The number of furan rings is 2. The molecule has 0 atom stereocenters. The van der Waals surface area contributed by atoms with Gasteiger partial charge in [-0.15, -0.1) is 0 Å². The van der Waals surface area contributed by atoms with E-state index in [9.17, 15) is 0 Å². The highest BCUT2D eigenvalue weighted by Gasteiger charge is 2.25. The third-order valence-corrected chi connectivity index (χ3v) is 8.34. The zero-order valence-electron chi connectivity index (χ0n) is 23.1. The molecular formula is C38H25N3O2. The average Bonchev–Trinajstić information content (AvgIpc) is 3.64. The number of anilines is 3. The number of hydrogen-bond donors (Lipinski definition) is 1. The van der Waals surface area contributed by atoms with E-state index in [-0.39, 0.29) is 0 Å². The fourth-order valence-corrected chi connectivity index (χ4v) is 6.45. The molecule has 1 aliphatic heterocycles. The van der Waals surface area contributed by atoms with Crippen molar-refractivity contribution in [2.24, 2.45) is 0 Å². The fraction of sp³-hybridized carbons (Fsp3) is 0.0263. The topological polar surface area (TPSA) is 54.4 Å². The summed E-state index contributed by atoms with van der Waals surface area (Å²) >= 11 is 0. The van der Waals surface area contributed by atoms with E-state index in [2.05, 4.69) is 107 Å². The van der Waals surface area contributed by atoms with Crippen molar-refractivity contribution < 1.29 is 8.83 Å². The van der Waals surface area contributed by atoms with E-state index in [1.54, 1.807) is 0 Å². The largest absolute Gasteiger partial charge is 0.456 e. The van der Waals surface area contributed by atoms with Gasteiger partial charge in [0.05, 0.1) is 23.3 Å². The maximum absolute atomic E-state index is 6.63. The summed E-state index contributed by atoms with van der Waals surface area (Å²) in [4.78, 5) is 7.07. The van der Waals surface area contributed by atoms with Gasteiger partial charge in [-0.1, -0.05) is 72.8 Å². The van der Waals surface area contributed by atoms with E-state index in [4.69, 9.17) is 13.8 Å². The van der Waals surface area contributed by atoms with Crippen LogP contribution in [0.5, 0.6) is 0 Å². The lowest BCUT2D eigenvalue weighted by Crippen LogP contribution is -2.11. The van der Waals surface area contributed by atoms with Crippen LogP contribution < -0.4 is 10.2 Å². The predicted octanol–water partition coefficient (Wildman–Crippen LogP) is 10.1. The Labute approximate surface area is 247 Å². The van der Waals surface area contributed by atoms with Gasteiger partial charge >= 0.3 is 0 Å². The first kappa shape index (κ1) is 23.9. The normalized spacial score (nSPS) is 12.7. The van der Waals surface area contributed by atoms with Crippen LogP contribution in [0.3, 0.4) is 0 Å². The molecule has 0 radical (unpaired) electrons. The minimum Gasteiger partial charge on any atom is -0.456 e. The molecule has 0 fully saturated rings. The summed E-state index contributed by atoms with van der Waals surface area (Å²) in [6.07, 6.45) is 5.90. The first-order valence-electron chi connectivity index (χ1n) is 14.4. The molecule has 4 heterocycles. The van der Waals surface area contributed by atoms with Gasteiger partial charge in [0.2, 0.25) is 0 Å². The second-order valence-electron chi connectivity index (χ2n) is 10.8. The molecule has 1 aliphatic rings. The molecule has 204 valence electrons. The van der Waals surface area contributed by atoms with Gasteiger partial charge in [-0.2, -0.15) is 0 Å². The Bertz CT molecular complexity index is 2360. The molecule has 8 aromatic rings. The fourth-order valence-electron chi connectivity index (χ4n) is 6.45. The molecule has 0 unspecified atom stereocenters. The van der Waals surface area contributed by atoms with E-state index in [0.29, 0.717) is 6.54 Å².